The zero-order valence-electron chi connectivity index (χ0n) is 12.8. The number of carbonyl (C=O) groups excluding carboxylic acids is 2. The number of nitrogens with one attached hydrogen (secondary N) is 1. The molecule has 1 heterocycles. The summed E-state index contributed by atoms with van der Waals surface area (Å²) in [7, 11) is 0. The summed E-state index contributed by atoms with van der Waals surface area (Å²) in [6.45, 7) is 4.47. The first-order chi connectivity index (χ1) is 10.5. The molecule has 1 aromatic carbocycles. The Kier molecular flexibility index (Phi) is 6.34. The molecule has 1 aliphatic rings. The summed E-state index contributed by atoms with van der Waals surface area (Å²) in [6.07, 6.45) is 1.60. The van der Waals surface area contributed by atoms with Crippen LogP contribution in [0.25, 0.3) is 0 Å². The number of carbonyl (C=O) groups is 2. The minimum absolute atomic E-state index is 0.0200. The number of aryl methyl sites for hydroxylation is 1. The first-order valence-electron chi connectivity index (χ1n) is 7.42. The minimum atomic E-state index is -0.336. The van der Waals surface area contributed by atoms with Gasteiger partial charge in [-0.25, -0.2) is 0 Å². The van der Waals surface area contributed by atoms with Gasteiger partial charge in [-0.05, 0) is 38.3 Å². The highest BCUT2D eigenvalue weighted by Crippen LogP contribution is 2.22. The van der Waals surface area contributed by atoms with Gasteiger partial charge in [0.1, 0.15) is 0 Å². The number of alkyl halides is 1. The van der Waals surface area contributed by atoms with Crippen molar-refractivity contribution in [1.82, 2.24) is 5.48 Å². The summed E-state index contributed by atoms with van der Waals surface area (Å²) in [5.74, 6) is -0.0756. The van der Waals surface area contributed by atoms with E-state index in [9.17, 15) is 9.59 Å². The number of rotatable bonds is 5. The number of hydroxylamine groups is 1. The molecular weight excluding hydrogens is 395 g/mol. The molecule has 0 saturated carbocycles. The number of anilines is 1. The fourth-order valence-electron chi connectivity index (χ4n) is 2.43. The third-order valence-corrected chi connectivity index (χ3v) is 4.21. The van der Waals surface area contributed by atoms with Gasteiger partial charge in [0.2, 0.25) is 5.91 Å². The van der Waals surface area contributed by atoms with Crippen LogP contribution >= 0.6 is 22.6 Å². The molecule has 1 aliphatic heterocycles. The molecule has 0 aromatic heterocycles. The molecule has 1 amide bonds. The molecule has 2 rings (SSSR count). The van der Waals surface area contributed by atoms with E-state index in [1.807, 2.05) is 38.1 Å². The van der Waals surface area contributed by atoms with Crippen molar-refractivity contribution in [2.45, 2.75) is 36.7 Å². The van der Waals surface area contributed by atoms with E-state index in [0.717, 1.165) is 24.1 Å². The Balaban J connectivity index is 2.20. The summed E-state index contributed by atoms with van der Waals surface area (Å²) in [4.78, 5) is 31.7. The van der Waals surface area contributed by atoms with Gasteiger partial charge in [-0.15, -0.1) is 0 Å². The monoisotopic (exact) mass is 416 g/mol. The van der Waals surface area contributed by atoms with Crippen LogP contribution in [0.4, 0.5) is 5.69 Å². The normalized spacial score (nSPS) is 19.5. The Morgan fingerprint density at radius 3 is 2.77 bits per heavy atom. The van der Waals surface area contributed by atoms with Crippen LogP contribution < -0.4 is 10.4 Å². The van der Waals surface area contributed by atoms with Crippen molar-refractivity contribution < 1.29 is 14.4 Å². The van der Waals surface area contributed by atoms with Gasteiger partial charge < -0.3 is 9.74 Å². The molecular formula is C16H21IN2O3. The Labute approximate surface area is 144 Å². The number of halogens is 1. The van der Waals surface area contributed by atoms with Crippen LogP contribution in [-0.4, -0.2) is 34.8 Å². The van der Waals surface area contributed by atoms with Crippen LogP contribution in [0.3, 0.4) is 0 Å². The first kappa shape index (κ1) is 17.4. The van der Waals surface area contributed by atoms with Gasteiger partial charge in [0.05, 0.1) is 23.1 Å². The zero-order valence-corrected chi connectivity index (χ0v) is 15.0. The third-order valence-electron chi connectivity index (χ3n) is 3.68. The fourth-order valence-corrected chi connectivity index (χ4v) is 2.77. The van der Waals surface area contributed by atoms with E-state index in [2.05, 4.69) is 28.1 Å². The van der Waals surface area contributed by atoms with Gasteiger partial charge in [0, 0.05) is 5.69 Å². The van der Waals surface area contributed by atoms with E-state index in [0.29, 0.717) is 6.61 Å². The molecule has 1 N–H and O–H groups in total. The maximum atomic E-state index is 12.5. The topological polar surface area (TPSA) is 58.6 Å². The van der Waals surface area contributed by atoms with Gasteiger partial charge in [-0.1, -0.05) is 40.8 Å². The highest BCUT2D eigenvalue weighted by atomic mass is 127. The van der Waals surface area contributed by atoms with E-state index in [1.54, 1.807) is 4.90 Å². The van der Waals surface area contributed by atoms with E-state index in [1.165, 1.54) is 0 Å². The van der Waals surface area contributed by atoms with E-state index < -0.39 is 0 Å². The van der Waals surface area contributed by atoms with Gasteiger partial charge in [0.15, 0.2) is 5.78 Å². The number of hydrogen-bond donors (Lipinski definition) is 1. The Morgan fingerprint density at radius 1 is 1.45 bits per heavy atom. The Morgan fingerprint density at radius 2 is 2.18 bits per heavy atom. The van der Waals surface area contributed by atoms with E-state index in [-0.39, 0.29) is 28.2 Å². The van der Waals surface area contributed by atoms with Crippen molar-refractivity contribution in [2.75, 3.05) is 18.1 Å². The fraction of sp³-hybridized carbons (Fsp3) is 0.500. The lowest BCUT2D eigenvalue weighted by Gasteiger charge is -2.28. The maximum absolute atomic E-state index is 12.5. The molecule has 5 nitrogen and oxygen atoms in total. The van der Waals surface area contributed by atoms with Gasteiger partial charge in [0.25, 0.3) is 0 Å². The predicted octanol–water partition coefficient (Wildman–Crippen LogP) is 2.40. The molecule has 2 atom stereocenters. The lowest BCUT2D eigenvalue weighted by atomic mass is 10.1. The average molecular weight is 416 g/mol. The number of nitrogens with zero attached hydrogens (tertiary/aromatic N) is 1. The SMILES string of the molecule is Cc1ccccc1N(CC(=O)C1CCCON1)C(=O)C(C)I. The number of amides is 1. The molecule has 0 aliphatic carbocycles. The van der Waals surface area contributed by atoms with Crippen molar-refractivity contribution in [3.05, 3.63) is 29.8 Å². The standard InChI is InChI=1S/C16H21IN2O3/c1-11-6-3-4-8-14(11)19(16(21)12(2)17)10-15(20)13-7-5-9-22-18-13/h3-4,6,8,12-13,18H,5,7,9-10H2,1-2H3. The highest BCUT2D eigenvalue weighted by Gasteiger charge is 2.28. The quantitative estimate of drug-likeness (QED) is 0.592. The van der Waals surface area contributed by atoms with Gasteiger partial charge in [-0.3, -0.25) is 9.59 Å². The second-order valence-corrected chi connectivity index (χ2v) is 7.32. The van der Waals surface area contributed by atoms with E-state index in [4.69, 9.17) is 4.84 Å². The zero-order chi connectivity index (χ0) is 16.1. The molecule has 1 aromatic rings. The first-order valence-corrected chi connectivity index (χ1v) is 8.66. The smallest absolute Gasteiger partial charge is 0.240 e. The second-order valence-electron chi connectivity index (χ2n) is 5.45. The number of Topliss-reactive ketones (excluding diaryl/α,β-unsaturated/α-hetero) is 1. The Hall–Kier alpha value is -0.990. The van der Waals surface area contributed by atoms with Crippen LogP contribution in [-0.2, 0) is 14.4 Å². The van der Waals surface area contributed by atoms with Crippen molar-refractivity contribution in [2.24, 2.45) is 0 Å². The maximum Gasteiger partial charge on any atom is 0.240 e. The minimum Gasteiger partial charge on any atom is -0.304 e. The van der Waals surface area contributed by atoms with Crippen molar-refractivity contribution in [1.29, 1.82) is 0 Å². The molecule has 120 valence electrons. The van der Waals surface area contributed by atoms with Crippen LogP contribution in [0.5, 0.6) is 0 Å². The highest BCUT2D eigenvalue weighted by molar-refractivity contribution is 14.1. The van der Waals surface area contributed by atoms with Crippen molar-refractivity contribution in [3.63, 3.8) is 0 Å². The molecule has 1 fully saturated rings. The lowest BCUT2D eigenvalue weighted by Crippen LogP contribution is -2.48. The summed E-state index contributed by atoms with van der Waals surface area (Å²) in [5, 5.41) is 0. The molecule has 0 spiro atoms. The van der Waals surface area contributed by atoms with Crippen LogP contribution in [0.15, 0.2) is 24.3 Å². The van der Waals surface area contributed by atoms with Crippen LogP contribution in [0, 0.1) is 6.92 Å². The molecule has 0 bridgehead atoms. The van der Waals surface area contributed by atoms with Crippen molar-refractivity contribution in [3.8, 4) is 0 Å². The number of hydrogen-bond acceptors (Lipinski definition) is 4. The van der Waals surface area contributed by atoms with Crippen molar-refractivity contribution >= 4 is 40.0 Å². The molecule has 1 saturated heterocycles. The van der Waals surface area contributed by atoms with E-state index >= 15 is 0 Å². The van der Waals surface area contributed by atoms with Crippen LogP contribution in [0.1, 0.15) is 25.3 Å². The largest absolute Gasteiger partial charge is 0.304 e. The van der Waals surface area contributed by atoms with Crippen LogP contribution in [0.2, 0.25) is 0 Å². The lowest BCUT2D eigenvalue weighted by molar-refractivity contribution is -0.128. The van der Waals surface area contributed by atoms with Gasteiger partial charge in [-0.2, -0.15) is 5.48 Å². The summed E-state index contributed by atoms with van der Waals surface area (Å²) >= 11 is 2.08. The number of para-hydroxylation sites is 1. The van der Waals surface area contributed by atoms with Gasteiger partial charge >= 0.3 is 0 Å². The molecule has 2 unspecified atom stereocenters. The third kappa shape index (κ3) is 4.27. The summed E-state index contributed by atoms with van der Waals surface area (Å²) in [6, 6.07) is 7.29. The summed E-state index contributed by atoms with van der Waals surface area (Å²) < 4.78 is -0.194. The molecule has 0 radical (unpaired) electrons. The Bertz CT molecular complexity index is 542. The average Bonchev–Trinajstić information content (AvgIpc) is 2.53. The predicted molar refractivity (Wildman–Crippen MR) is 94.1 cm³/mol. The molecule has 22 heavy (non-hydrogen) atoms. The number of ketones is 1. The second kappa shape index (κ2) is 8.03. The number of benzene rings is 1. The summed E-state index contributed by atoms with van der Waals surface area (Å²) in [5.41, 5.74) is 4.54. The molecule has 6 heteroatoms.